The van der Waals surface area contributed by atoms with E-state index in [2.05, 4.69) is 51.0 Å². The number of hydrogen-bond acceptors (Lipinski definition) is 3. The van der Waals surface area contributed by atoms with Crippen LogP contribution in [0.2, 0.25) is 5.02 Å². The van der Waals surface area contributed by atoms with Crippen LogP contribution in [0.25, 0.3) is 33.4 Å². The minimum Gasteiger partial charge on any atom is -0.356 e. The maximum absolute atomic E-state index is 5.96. The third-order valence-electron chi connectivity index (χ3n) is 4.45. The Morgan fingerprint density at radius 1 is 0.962 bits per heavy atom. The van der Waals surface area contributed by atoms with Crippen LogP contribution in [0.15, 0.2) is 60.8 Å². The lowest BCUT2D eigenvalue weighted by molar-refractivity contribution is 0.936. The van der Waals surface area contributed by atoms with Crippen molar-refractivity contribution in [2.75, 3.05) is 11.9 Å². The molecular formula is C21H19ClN4. The number of rotatable bonds is 4. The molecule has 0 unspecified atom stereocenters. The van der Waals surface area contributed by atoms with Crippen LogP contribution in [0.3, 0.4) is 0 Å². The van der Waals surface area contributed by atoms with Gasteiger partial charge in [-0.2, -0.15) is 0 Å². The van der Waals surface area contributed by atoms with Crippen molar-refractivity contribution >= 4 is 28.6 Å². The molecule has 2 aromatic carbocycles. The van der Waals surface area contributed by atoms with Gasteiger partial charge in [0.25, 0.3) is 0 Å². The predicted molar refractivity (Wildman–Crippen MR) is 109 cm³/mol. The number of benzene rings is 2. The Morgan fingerprint density at radius 3 is 2.38 bits per heavy atom. The number of nitrogens with one attached hydrogen (secondary N) is 1. The molecule has 0 bridgehead atoms. The summed E-state index contributed by atoms with van der Waals surface area (Å²) in [6, 6.07) is 18.2. The minimum absolute atomic E-state index is 0.735. The van der Waals surface area contributed by atoms with E-state index < -0.39 is 0 Å². The van der Waals surface area contributed by atoms with Crippen molar-refractivity contribution in [2.45, 2.75) is 6.92 Å². The van der Waals surface area contributed by atoms with Crippen LogP contribution in [-0.4, -0.2) is 21.1 Å². The summed E-state index contributed by atoms with van der Waals surface area (Å²) in [6.07, 6.45) is 1.89. The van der Waals surface area contributed by atoms with Gasteiger partial charge in [0.05, 0.1) is 16.7 Å². The predicted octanol–water partition coefficient (Wildman–Crippen LogP) is 5.39. The van der Waals surface area contributed by atoms with Crippen molar-refractivity contribution < 1.29 is 0 Å². The molecule has 1 N–H and O–H groups in total. The molecule has 26 heavy (non-hydrogen) atoms. The van der Waals surface area contributed by atoms with Crippen molar-refractivity contribution in [1.82, 2.24) is 14.5 Å². The Labute approximate surface area is 157 Å². The summed E-state index contributed by atoms with van der Waals surface area (Å²) in [4.78, 5) is 9.31. The summed E-state index contributed by atoms with van der Waals surface area (Å²) >= 11 is 5.96. The van der Waals surface area contributed by atoms with Crippen LogP contribution >= 0.6 is 11.6 Å². The third kappa shape index (κ3) is 3.04. The van der Waals surface area contributed by atoms with Gasteiger partial charge in [-0.25, -0.2) is 4.98 Å². The number of aromatic nitrogens is 3. The highest BCUT2D eigenvalue weighted by atomic mass is 35.5. The number of anilines is 1. The lowest BCUT2D eigenvalue weighted by Gasteiger charge is -2.05. The molecule has 2 heterocycles. The number of imidazole rings is 1. The highest BCUT2D eigenvalue weighted by Gasteiger charge is 2.09. The first-order chi connectivity index (χ1) is 12.7. The number of hydrogen-bond donors (Lipinski definition) is 1. The van der Waals surface area contributed by atoms with Gasteiger partial charge in [0.2, 0.25) is 5.95 Å². The lowest BCUT2D eigenvalue weighted by atomic mass is 10.1. The Kier molecular flexibility index (Phi) is 4.35. The first kappa shape index (κ1) is 16.6. The van der Waals surface area contributed by atoms with E-state index in [1.165, 1.54) is 0 Å². The average Bonchev–Trinajstić information content (AvgIpc) is 2.98. The molecule has 0 saturated carbocycles. The van der Waals surface area contributed by atoms with Crippen molar-refractivity contribution in [3.05, 3.63) is 65.8 Å². The zero-order valence-corrected chi connectivity index (χ0v) is 15.5. The smallest absolute Gasteiger partial charge is 0.203 e. The van der Waals surface area contributed by atoms with Crippen LogP contribution in [0.1, 0.15) is 6.92 Å². The first-order valence-corrected chi connectivity index (χ1v) is 8.96. The van der Waals surface area contributed by atoms with Crippen LogP contribution in [0.4, 0.5) is 5.95 Å². The first-order valence-electron chi connectivity index (χ1n) is 8.58. The number of pyridine rings is 1. The van der Waals surface area contributed by atoms with E-state index in [0.717, 1.165) is 50.9 Å². The van der Waals surface area contributed by atoms with E-state index in [-0.39, 0.29) is 0 Å². The molecule has 0 amide bonds. The number of halogens is 1. The summed E-state index contributed by atoms with van der Waals surface area (Å²) in [6.45, 7) is 2.91. The Balaban J connectivity index is 1.67. The van der Waals surface area contributed by atoms with E-state index in [9.17, 15) is 0 Å². The lowest BCUT2D eigenvalue weighted by Crippen LogP contribution is -2.03. The fourth-order valence-electron chi connectivity index (χ4n) is 3.05. The van der Waals surface area contributed by atoms with Gasteiger partial charge in [-0.3, -0.25) is 4.98 Å². The number of aryl methyl sites for hydroxylation is 1. The fraction of sp³-hybridized carbons (Fsp3) is 0.143. The summed E-state index contributed by atoms with van der Waals surface area (Å²) < 4.78 is 2.07. The molecule has 0 spiro atoms. The molecule has 4 aromatic rings. The topological polar surface area (TPSA) is 42.7 Å². The van der Waals surface area contributed by atoms with Gasteiger partial charge in [0.1, 0.15) is 0 Å². The molecule has 130 valence electrons. The standard InChI is InChI=1S/C21H19ClN4/c1-3-23-21-25-19-12-15(7-11-20(19)26(21)2)18-10-6-16(13-24-18)14-4-8-17(22)9-5-14/h4-13H,3H2,1-2H3,(H,23,25). The van der Waals surface area contributed by atoms with E-state index in [1.807, 2.05) is 43.6 Å². The van der Waals surface area contributed by atoms with Crippen LogP contribution in [0, 0.1) is 0 Å². The zero-order valence-electron chi connectivity index (χ0n) is 14.7. The van der Waals surface area contributed by atoms with Crippen molar-refractivity contribution in [1.29, 1.82) is 0 Å². The quantitative estimate of drug-likeness (QED) is 0.529. The molecule has 0 saturated heterocycles. The SMILES string of the molecule is CCNc1nc2cc(-c3ccc(-c4ccc(Cl)cc4)cn3)ccc2n1C. The molecule has 0 aliphatic heterocycles. The van der Waals surface area contributed by atoms with E-state index in [0.29, 0.717) is 0 Å². The monoisotopic (exact) mass is 362 g/mol. The Morgan fingerprint density at radius 2 is 1.69 bits per heavy atom. The van der Waals surface area contributed by atoms with Crippen LogP contribution in [0.5, 0.6) is 0 Å². The van der Waals surface area contributed by atoms with Gasteiger partial charge in [-0.15, -0.1) is 0 Å². The van der Waals surface area contributed by atoms with Gasteiger partial charge in [-0.05, 0) is 42.8 Å². The van der Waals surface area contributed by atoms with Gasteiger partial charge in [0.15, 0.2) is 0 Å². The molecule has 2 aromatic heterocycles. The molecule has 5 heteroatoms. The van der Waals surface area contributed by atoms with E-state index in [1.54, 1.807) is 0 Å². The van der Waals surface area contributed by atoms with Crippen LogP contribution in [-0.2, 0) is 7.05 Å². The van der Waals surface area contributed by atoms with Crippen molar-refractivity contribution in [3.8, 4) is 22.4 Å². The second-order valence-electron chi connectivity index (χ2n) is 6.17. The molecule has 0 atom stereocenters. The highest BCUT2D eigenvalue weighted by molar-refractivity contribution is 6.30. The second kappa shape index (κ2) is 6.81. The normalized spacial score (nSPS) is 11.0. The summed E-state index contributed by atoms with van der Waals surface area (Å²) in [7, 11) is 2.02. The van der Waals surface area contributed by atoms with E-state index >= 15 is 0 Å². The Hall–Kier alpha value is -2.85. The number of fused-ring (bicyclic) bond motifs is 1. The van der Waals surface area contributed by atoms with Gasteiger partial charge >= 0.3 is 0 Å². The second-order valence-corrected chi connectivity index (χ2v) is 6.60. The van der Waals surface area contributed by atoms with Gasteiger partial charge < -0.3 is 9.88 Å². The maximum Gasteiger partial charge on any atom is 0.203 e. The number of nitrogens with zero attached hydrogens (tertiary/aromatic N) is 3. The maximum atomic E-state index is 5.96. The molecular weight excluding hydrogens is 344 g/mol. The molecule has 0 radical (unpaired) electrons. The Bertz CT molecular complexity index is 1050. The summed E-state index contributed by atoms with van der Waals surface area (Å²) in [5.41, 5.74) is 6.22. The highest BCUT2D eigenvalue weighted by Crippen LogP contribution is 2.27. The fourth-order valence-corrected chi connectivity index (χ4v) is 3.18. The van der Waals surface area contributed by atoms with Crippen molar-refractivity contribution in [2.24, 2.45) is 7.05 Å². The van der Waals surface area contributed by atoms with Crippen LogP contribution < -0.4 is 5.32 Å². The molecule has 0 aliphatic carbocycles. The summed E-state index contributed by atoms with van der Waals surface area (Å²) in [5, 5.41) is 4.02. The third-order valence-corrected chi connectivity index (χ3v) is 4.70. The van der Waals surface area contributed by atoms with Crippen molar-refractivity contribution in [3.63, 3.8) is 0 Å². The molecule has 4 rings (SSSR count). The summed E-state index contributed by atoms with van der Waals surface area (Å²) in [5.74, 6) is 0.880. The zero-order chi connectivity index (χ0) is 18.1. The molecule has 0 aliphatic rings. The molecule has 4 nitrogen and oxygen atoms in total. The molecule has 0 fully saturated rings. The minimum atomic E-state index is 0.735. The van der Waals surface area contributed by atoms with Gasteiger partial charge in [0, 0.05) is 35.9 Å². The van der Waals surface area contributed by atoms with E-state index in [4.69, 9.17) is 11.6 Å². The average molecular weight is 363 g/mol. The van der Waals surface area contributed by atoms with Gasteiger partial charge in [-0.1, -0.05) is 35.9 Å². The largest absolute Gasteiger partial charge is 0.356 e.